The van der Waals surface area contributed by atoms with Crippen molar-refractivity contribution in [2.24, 2.45) is 0 Å². The lowest BCUT2D eigenvalue weighted by molar-refractivity contribution is 0.102. The molecule has 0 fully saturated rings. The van der Waals surface area contributed by atoms with E-state index in [9.17, 15) is 13.2 Å². The molecule has 0 aliphatic carbocycles. The van der Waals surface area contributed by atoms with Gasteiger partial charge >= 0.3 is 0 Å². The van der Waals surface area contributed by atoms with Crippen molar-refractivity contribution >= 4 is 21.3 Å². The molecular formula is C11H15NO3S. The molecular weight excluding hydrogens is 226 g/mol. The molecule has 0 atom stereocenters. The van der Waals surface area contributed by atoms with E-state index in [0.717, 1.165) is 17.4 Å². The van der Waals surface area contributed by atoms with E-state index in [1.807, 2.05) is 0 Å². The first-order valence-corrected chi connectivity index (χ1v) is 6.84. The molecule has 0 saturated carbocycles. The zero-order valence-electron chi connectivity index (χ0n) is 9.57. The number of rotatable bonds is 3. The standard InChI is InChI=1S/C11H15NO3S/c1-7-4-9(5-8(2)11(7)12)10(13)6-16(3,14)15/h4-5H,6,12H2,1-3H3. The minimum atomic E-state index is -3.29. The van der Waals surface area contributed by atoms with E-state index in [1.54, 1.807) is 26.0 Å². The molecule has 2 N–H and O–H groups in total. The number of hydrogen-bond acceptors (Lipinski definition) is 4. The first kappa shape index (κ1) is 12.7. The third-order valence-electron chi connectivity index (χ3n) is 2.31. The van der Waals surface area contributed by atoms with Gasteiger partial charge in [0.05, 0.1) is 0 Å². The average Bonchev–Trinajstić information content (AvgIpc) is 2.10. The Morgan fingerprint density at radius 2 is 1.69 bits per heavy atom. The Hall–Kier alpha value is -1.36. The third kappa shape index (κ3) is 3.06. The molecule has 0 unspecified atom stereocenters. The Labute approximate surface area is 95.4 Å². The van der Waals surface area contributed by atoms with Crippen molar-refractivity contribution in [3.63, 3.8) is 0 Å². The fourth-order valence-electron chi connectivity index (χ4n) is 1.46. The van der Waals surface area contributed by atoms with Crippen LogP contribution in [0.25, 0.3) is 0 Å². The van der Waals surface area contributed by atoms with E-state index in [4.69, 9.17) is 5.73 Å². The fourth-order valence-corrected chi connectivity index (χ4v) is 2.10. The van der Waals surface area contributed by atoms with Gasteiger partial charge < -0.3 is 5.73 Å². The topological polar surface area (TPSA) is 77.2 Å². The van der Waals surface area contributed by atoms with Gasteiger partial charge in [-0.3, -0.25) is 4.79 Å². The summed E-state index contributed by atoms with van der Waals surface area (Å²) >= 11 is 0. The molecule has 88 valence electrons. The molecule has 1 aromatic rings. The number of carbonyl (C=O) groups excluding carboxylic acids is 1. The molecule has 0 radical (unpaired) electrons. The molecule has 1 aromatic carbocycles. The van der Waals surface area contributed by atoms with Gasteiger partial charge in [-0.1, -0.05) is 0 Å². The summed E-state index contributed by atoms with van der Waals surface area (Å²) in [5.74, 6) is -0.857. The molecule has 0 bridgehead atoms. The second kappa shape index (κ2) is 4.25. The van der Waals surface area contributed by atoms with Crippen molar-refractivity contribution in [3.05, 3.63) is 28.8 Å². The Morgan fingerprint density at radius 1 is 1.25 bits per heavy atom. The van der Waals surface area contributed by atoms with Crippen LogP contribution in [0, 0.1) is 13.8 Å². The zero-order valence-corrected chi connectivity index (χ0v) is 10.4. The predicted molar refractivity (Wildman–Crippen MR) is 64.4 cm³/mol. The van der Waals surface area contributed by atoms with Crippen LogP contribution < -0.4 is 5.73 Å². The summed E-state index contributed by atoms with van der Waals surface area (Å²) < 4.78 is 22.0. The number of ketones is 1. The predicted octanol–water partition coefficient (Wildman–Crippen LogP) is 1.11. The first-order valence-electron chi connectivity index (χ1n) is 4.78. The highest BCUT2D eigenvalue weighted by Gasteiger charge is 2.14. The summed E-state index contributed by atoms with van der Waals surface area (Å²) in [6.07, 6.45) is 1.04. The molecule has 0 amide bonds. The SMILES string of the molecule is Cc1cc(C(=O)CS(C)(=O)=O)cc(C)c1N. The van der Waals surface area contributed by atoms with Crippen LogP contribution in [-0.2, 0) is 9.84 Å². The van der Waals surface area contributed by atoms with Gasteiger partial charge in [-0.05, 0) is 37.1 Å². The Balaban J connectivity index is 3.11. The third-order valence-corrected chi connectivity index (χ3v) is 3.10. The summed E-state index contributed by atoms with van der Waals surface area (Å²) in [5.41, 5.74) is 8.36. The summed E-state index contributed by atoms with van der Waals surface area (Å²) in [6.45, 7) is 3.58. The van der Waals surface area contributed by atoms with Crippen LogP contribution in [0.5, 0.6) is 0 Å². The van der Waals surface area contributed by atoms with E-state index in [-0.39, 0.29) is 0 Å². The Morgan fingerprint density at radius 3 is 2.06 bits per heavy atom. The molecule has 0 saturated heterocycles. The number of hydrogen-bond donors (Lipinski definition) is 1. The van der Waals surface area contributed by atoms with Gasteiger partial charge in [-0.25, -0.2) is 8.42 Å². The van der Waals surface area contributed by atoms with Crippen LogP contribution in [0.3, 0.4) is 0 Å². The summed E-state index contributed by atoms with van der Waals surface area (Å²) in [4.78, 5) is 11.7. The number of aryl methyl sites for hydroxylation is 2. The fraction of sp³-hybridized carbons (Fsp3) is 0.364. The minimum Gasteiger partial charge on any atom is -0.398 e. The van der Waals surface area contributed by atoms with E-state index in [0.29, 0.717) is 11.3 Å². The molecule has 0 spiro atoms. The van der Waals surface area contributed by atoms with Gasteiger partial charge in [0.15, 0.2) is 15.6 Å². The van der Waals surface area contributed by atoms with Crippen molar-refractivity contribution in [3.8, 4) is 0 Å². The largest absolute Gasteiger partial charge is 0.398 e. The molecule has 0 heterocycles. The quantitative estimate of drug-likeness (QED) is 0.635. The lowest BCUT2D eigenvalue weighted by atomic mass is 10.0. The first-order chi connectivity index (χ1) is 7.20. The summed E-state index contributed by atoms with van der Waals surface area (Å²) in [7, 11) is -3.29. The zero-order chi connectivity index (χ0) is 12.5. The molecule has 0 aliphatic rings. The van der Waals surface area contributed by atoms with Crippen molar-refractivity contribution in [1.82, 2.24) is 0 Å². The highest BCUT2D eigenvalue weighted by Crippen LogP contribution is 2.19. The number of benzene rings is 1. The highest BCUT2D eigenvalue weighted by molar-refractivity contribution is 7.91. The van der Waals surface area contributed by atoms with Gasteiger partial charge in [0.1, 0.15) is 5.75 Å². The lowest BCUT2D eigenvalue weighted by Gasteiger charge is -2.07. The van der Waals surface area contributed by atoms with Crippen LogP contribution in [0.2, 0.25) is 0 Å². The van der Waals surface area contributed by atoms with Gasteiger partial charge in [0.2, 0.25) is 0 Å². The van der Waals surface area contributed by atoms with Crippen molar-refractivity contribution in [2.45, 2.75) is 13.8 Å². The van der Waals surface area contributed by atoms with Crippen LogP contribution in [0.15, 0.2) is 12.1 Å². The van der Waals surface area contributed by atoms with Crippen LogP contribution >= 0.6 is 0 Å². The van der Waals surface area contributed by atoms with Crippen LogP contribution in [0.4, 0.5) is 5.69 Å². The van der Waals surface area contributed by atoms with E-state index in [2.05, 4.69) is 0 Å². The molecule has 16 heavy (non-hydrogen) atoms. The maximum absolute atomic E-state index is 11.7. The maximum Gasteiger partial charge on any atom is 0.177 e. The highest BCUT2D eigenvalue weighted by atomic mass is 32.2. The Bertz CT molecular complexity index is 509. The smallest absolute Gasteiger partial charge is 0.177 e. The minimum absolute atomic E-state index is 0.395. The van der Waals surface area contributed by atoms with E-state index >= 15 is 0 Å². The number of sulfone groups is 1. The summed E-state index contributed by atoms with van der Waals surface area (Å²) in [6, 6.07) is 3.24. The average molecular weight is 241 g/mol. The van der Waals surface area contributed by atoms with E-state index in [1.165, 1.54) is 0 Å². The lowest BCUT2D eigenvalue weighted by Crippen LogP contribution is -2.15. The van der Waals surface area contributed by atoms with Crippen molar-refractivity contribution in [1.29, 1.82) is 0 Å². The number of nitrogens with two attached hydrogens (primary N) is 1. The van der Waals surface area contributed by atoms with Crippen LogP contribution in [0.1, 0.15) is 21.5 Å². The number of Topliss-reactive ketones (excluding diaryl/α,β-unsaturated/α-hetero) is 1. The monoisotopic (exact) mass is 241 g/mol. The second-order valence-corrected chi connectivity index (χ2v) is 6.16. The molecule has 0 aromatic heterocycles. The number of carbonyl (C=O) groups is 1. The van der Waals surface area contributed by atoms with Gasteiger partial charge in [0.25, 0.3) is 0 Å². The molecule has 4 nitrogen and oxygen atoms in total. The maximum atomic E-state index is 11.7. The van der Waals surface area contributed by atoms with Gasteiger partial charge in [-0.2, -0.15) is 0 Å². The van der Waals surface area contributed by atoms with Crippen LogP contribution in [-0.4, -0.2) is 26.2 Å². The molecule has 0 aliphatic heterocycles. The summed E-state index contributed by atoms with van der Waals surface area (Å²) in [5, 5.41) is 0. The molecule has 1 rings (SSSR count). The number of anilines is 1. The van der Waals surface area contributed by atoms with Gasteiger partial charge in [0, 0.05) is 17.5 Å². The number of nitrogen functional groups attached to an aromatic ring is 1. The normalized spacial score (nSPS) is 11.4. The van der Waals surface area contributed by atoms with E-state index < -0.39 is 21.4 Å². The molecule has 5 heteroatoms. The second-order valence-electron chi connectivity index (χ2n) is 4.02. The Kier molecular flexibility index (Phi) is 3.38. The van der Waals surface area contributed by atoms with Crippen molar-refractivity contribution < 1.29 is 13.2 Å². The van der Waals surface area contributed by atoms with Crippen molar-refractivity contribution in [2.75, 3.05) is 17.7 Å². The van der Waals surface area contributed by atoms with Gasteiger partial charge in [-0.15, -0.1) is 0 Å².